The van der Waals surface area contributed by atoms with Crippen LogP contribution in [0.3, 0.4) is 0 Å². The molecule has 0 saturated carbocycles. The van der Waals surface area contributed by atoms with Crippen LogP contribution in [0.5, 0.6) is 0 Å². The van der Waals surface area contributed by atoms with Crippen molar-refractivity contribution in [2.45, 2.75) is 38.5 Å². The van der Waals surface area contributed by atoms with Crippen LogP contribution in [-0.4, -0.2) is 23.4 Å². The Hall–Kier alpha value is -2.13. The molecule has 2 heterocycles. The monoisotopic (exact) mass is 471 g/mol. The first-order valence-corrected chi connectivity index (χ1v) is 12.1. The predicted octanol–water partition coefficient (Wildman–Crippen LogP) is 6.56. The number of unbranched alkanes of at least 4 members (excludes halogenated alkanes) is 1. The summed E-state index contributed by atoms with van der Waals surface area (Å²) in [7, 11) is 0. The van der Waals surface area contributed by atoms with Gasteiger partial charge in [0.1, 0.15) is 0 Å². The zero-order valence-corrected chi connectivity index (χ0v) is 19.6. The number of hydrogen-bond donors (Lipinski definition) is 0. The van der Waals surface area contributed by atoms with E-state index in [4.69, 9.17) is 23.2 Å². The third kappa shape index (κ3) is 4.43. The summed E-state index contributed by atoms with van der Waals surface area (Å²) in [5.74, 6) is 0.232. The van der Waals surface area contributed by atoms with Crippen molar-refractivity contribution in [2.75, 3.05) is 17.4 Å². The van der Waals surface area contributed by atoms with Gasteiger partial charge in [0.15, 0.2) is 0 Å². The number of halogens is 2. The molecule has 0 N–H and O–H groups in total. The van der Waals surface area contributed by atoms with Crippen molar-refractivity contribution in [3.63, 3.8) is 0 Å². The number of anilines is 1. The van der Waals surface area contributed by atoms with Crippen molar-refractivity contribution in [3.8, 4) is 6.07 Å². The first-order valence-electron chi connectivity index (χ1n) is 10.4. The first-order chi connectivity index (χ1) is 15.0. The van der Waals surface area contributed by atoms with E-state index in [-0.39, 0.29) is 12.3 Å². The van der Waals surface area contributed by atoms with Crippen LogP contribution in [0.4, 0.5) is 5.69 Å². The molecule has 7 heteroatoms. The Kier molecular flexibility index (Phi) is 6.81. The molecule has 0 radical (unpaired) electrons. The van der Waals surface area contributed by atoms with E-state index in [9.17, 15) is 10.1 Å². The van der Waals surface area contributed by atoms with Crippen LogP contribution in [0.15, 0.2) is 53.1 Å². The molecule has 2 aliphatic rings. The molecule has 1 amide bonds. The molecule has 1 atom stereocenters. The molecular formula is C24H23Cl2N3OS. The van der Waals surface area contributed by atoms with Gasteiger partial charge in [-0.2, -0.15) is 5.26 Å². The van der Waals surface area contributed by atoms with Gasteiger partial charge in [-0.15, -0.1) is 0 Å². The maximum Gasteiger partial charge on any atom is 0.229 e. The van der Waals surface area contributed by atoms with Crippen LogP contribution in [0, 0.1) is 11.3 Å². The van der Waals surface area contributed by atoms with Gasteiger partial charge in [0.05, 0.1) is 29.2 Å². The fraction of sp³-hybridized carbons (Fsp3) is 0.333. The van der Waals surface area contributed by atoms with Gasteiger partial charge in [-0.05, 0) is 48.2 Å². The Balaban J connectivity index is 1.60. The zero-order chi connectivity index (χ0) is 22.0. The molecular weight excluding hydrogens is 449 g/mol. The number of rotatable bonds is 5. The van der Waals surface area contributed by atoms with E-state index in [1.54, 1.807) is 23.1 Å². The lowest BCUT2D eigenvalue weighted by molar-refractivity contribution is -0.129. The van der Waals surface area contributed by atoms with Crippen LogP contribution in [0.2, 0.25) is 10.0 Å². The highest BCUT2D eigenvalue weighted by atomic mass is 35.5. The quantitative estimate of drug-likeness (QED) is 0.495. The summed E-state index contributed by atoms with van der Waals surface area (Å²) in [5.41, 5.74) is 3.63. The Labute approximate surface area is 197 Å². The second-order valence-electron chi connectivity index (χ2n) is 7.77. The van der Waals surface area contributed by atoms with E-state index < -0.39 is 5.92 Å². The number of thioether (sulfide) groups is 1. The van der Waals surface area contributed by atoms with Crippen molar-refractivity contribution in [1.82, 2.24) is 4.90 Å². The molecule has 1 fully saturated rings. The summed E-state index contributed by atoms with van der Waals surface area (Å²) >= 11 is 14.3. The maximum atomic E-state index is 13.1. The third-order valence-corrected chi connectivity index (χ3v) is 7.58. The van der Waals surface area contributed by atoms with Gasteiger partial charge in [-0.25, -0.2) is 0 Å². The zero-order valence-electron chi connectivity index (χ0n) is 17.3. The van der Waals surface area contributed by atoms with E-state index >= 15 is 0 Å². The summed E-state index contributed by atoms with van der Waals surface area (Å²) in [6.45, 7) is 2.63. The van der Waals surface area contributed by atoms with Crippen molar-refractivity contribution >= 4 is 46.6 Å². The molecule has 4 rings (SSSR count). The van der Waals surface area contributed by atoms with Crippen LogP contribution in [-0.2, 0) is 11.2 Å². The molecule has 2 aliphatic heterocycles. The van der Waals surface area contributed by atoms with Gasteiger partial charge in [-0.1, -0.05) is 66.5 Å². The highest BCUT2D eigenvalue weighted by Crippen LogP contribution is 2.46. The molecule has 31 heavy (non-hydrogen) atoms. The number of carbonyl (C=O) groups excluding carboxylic acids is 1. The average molecular weight is 472 g/mol. The topological polar surface area (TPSA) is 47.3 Å². The van der Waals surface area contributed by atoms with Gasteiger partial charge in [0.2, 0.25) is 5.91 Å². The number of nitrogens with zero attached hydrogens (tertiary/aromatic N) is 3. The van der Waals surface area contributed by atoms with Crippen LogP contribution < -0.4 is 4.90 Å². The number of allylic oxidation sites excluding steroid dienone is 1. The van der Waals surface area contributed by atoms with Crippen LogP contribution in [0.25, 0.3) is 0 Å². The first kappa shape index (κ1) is 22.1. The molecule has 1 saturated heterocycles. The van der Waals surface area contributed by atoms with Gasteiger partial charge >= 0.3 is 0 Å². The third-order valence-electron chi connectivity index (χ3n) is 5.76. The number of fused-ring (bicyclic) bond motifs is 1. The van der Waals surface area contributed by atoms with Crippen molar-refractivity contribution in [2.24, 2.45) is 0 Å². The standard InChI is InChI=1S/C24H23Cl2N3OS/c1-2-3-5-16-8-10-17(11-9-16)28-14-29-22(30)12-18(19(13-27)24(29)31-15-28)23-20(25)6-4-7-21(23)26/h4,6-11,18H,2-3,5,12,14-15H2,1H3. The average Bonchev–Trinajstić information content (AvgIpc) is 2.78. The Morgan fingerprint density at radius 2 is 1.87 bits per heavy atom. The van der Waals surface area contributed by atoms with Gasteiger partial charge in [-0.3, -0.25) is 9.69 Å². The summed E-state index contributed by atoms with van der Waals surface area (Å²) in [4.78, 5) is 17.0. The molecule has 0 aromatic heterocycles. The Bertz CT molecular complexity index is 1040. The number of aryl methyl sites for hydroxylation is 1. The SMILES string of the molecule is CCCCc1ccc(N2CSC3=C(C#N)C(c4c(Cl)cccc4Cl)CC(=O)N3C2)cc1. The molecule has 1 unspecified atom stereocenters. The number of nitriles is 1. The highest BCUT2D eigenvalue weighted by molar-refractivity contribution is 8.03. The lowest BCUT2D eigenvalue weighted by Gasteiger charge is -2.42. The minimum absolute atomic E-state index is 0.0215. The summed E-state index contributed by atoms with van der Waals surface area (Å²) in [6, 6.07) is 16.2. The number of benzene rings is 2. The summed E-state index contributed by atoms with van der Waals surface area (Å²) in [5, 5.41) is 11.6. The second kappa shape index (κ2) is 9.56. The van der Waals surface area contributed by atoms with Crippen molar-refractivity contribution < 1.29 is 4.79 Å². The smallest absolute Gasteiger partial charge is 0.229 e. The highest BCUT2D eigenvalue weighted by Gasteiger charge is 2.39. The summed E-state index contributed by atoms with van der Waals surface area (Å²) in [6.07, 6.45) is 3.63. The maximum absolute atomic E-state index is 13.1. The lowest BCUT2D eigenvalue weighted by Crippen LogP contribution is -2.47. The molecule has 0 aliphatic carbocycles. The van der Waals surface area contributed by atoms with Crippen molar-refractivity contribution in [3.05, 3.63) is 74.2 Å². The lowest BCUT2D eigenvalue weighted by atomic mass is 9.86. The van der Waals surface area contributed by atoms with E-state index in [1.807, 2.05) is 0 Å². The van der Waals surface area contributed by atoms with Crippen molar-refractivity contribution in [1.29, 1.82) is 5.26 Å². The molecule has 4 nitrogen and oxygen atoms in total. The molecule has 0 spiro atoms. The van der Waals surface area contributed by atoms with E-state index in [0.717, 1.165) is 17.1 Å². The fourth-order valence-corrected chi connectivity index (χ4v) is 5.90. The molecule has 160 valence electrons. The van der Waals surface area contributed by atoms with E-state index in [1.165, 1.54) is 30.2 Å². The number of hydrogen-bond acceptors (Lipinski definition) is 4. The Morgan fingerprint density at radius 1 is 1.16 bits per heavy atom. The normalized spacial score (nSPS) is 18.8. The Morgan fingerprint density at radius 3 is 2.52 bits per heavy atom. The second-order valence-corrected chi connectivity index (χ2v) is 9.52. The van der Waals surface area contributed by atoms with E-state index in [0.29, 0.717) is 33.7 Å². The van der Waals surface area contributed by atoms with Crippen LogP contribution in [0.1, 0.15) is 43.2 Å². The van der Waals surface area contributed by atoms with Crippen LogP contribution >= 0.6 is 35.0 Å². The van der Waals surface area contributed by atoms with Gasteiger partial charge < -0.3 is 4.90 Å². The van der Waals surface area contributed by atoms with E-state index in [2.05, 4.69) is 42.2 Å². The largest absolute Gasteiger partial charge is 0.344 e. The number of carbonyl (C=O) groups is 1. The summed E-state index contributed by atoms with van der Waals surface area (Å²) < 4.78 is 0. The number of amides is 1. The molecule has 2 aromatic carbocycles. The molecule has 2 aromatic rings. The molecule has 0 bridgehead atoms. The minimum atomic E-state index is -0.415. The minimum Gasteiger partial charge on any atom is -0.344 e. The van der Waals surface area contributed by atoms with Gasteiger partial charge in [0, 0.05) is 28.1 Å². The predicted molar refractivity (Wildman–Crippen MR) is 128 cm³/mol. The van der Waals surface area contributed by atoms with Gasteiger partial charge in [0.25, 0.3) is 0 Å². The fourth-order valence-electron chi connectivity index (χ4n) is 4.07.